The summed E-state index contributed by atoms with van der Waals surface area (Å²) in [5.41, 5.74) is 0.918. The Hall–Kier alpha value is -0.570. The number of hydrogen-bond acceptors (Lipinski definition) is 5. The van der Waals surface area contributed by atoms with Crippen LogP contribution in [0.25, 0.3) is 0 Å². The number of aliphatic hydroxyl groups is 1. The molecule has 2 atom stereocenters. The number of aryl methyl sites for hydroxylation is 1. The van der Waals surface area contributed by atoms with Crippen molar-refractivity contribution in [2.45, 2.75) is 49.1 Å². The Kier molecular flexibility index (Phi) is 4.54. The summed E-state index contributed by atoms with van der Waals surface area (Å²) in [6.07, 6.45) is 4.91. The average Bonchev–Trinajstić information content (AvgIpc) is 2.94. The molecule has 1 aliphatic rings. The van der Waals surface area contributed by atoms with E-state index in [4.69, 9.17) is 0 Å². The summed E-state index contributed by atoms with van der Waals surface area (Å²) in [5.74, 6) is 0. The highest BCUT2D eigenvalue weighted by atomic mass is 32.2. The van der Waals surface area contributed by atoms with Crippen molar-refractivity contribution in [2.24, 2.45) is 0 Å². The van der Waals surface area contributed by atoms with Crippen molar-refractivity contribution in [3.63, 3.8) is 0 Å². The second-order valence-electron chi connectivity index (χ2n) is 4.72. The number of thioether (sulfide) groups is 1. The lowest BCUT2D eigenvalue weighted by Crippen LogP contribution is -2.39. The Morgan fingerprint density at radius 2 is 2.26 bits per heavy atom. The van der Waals surface area contributed by atoms with Crippen LogP contribution >= 0.6 is 11.8 Å². The van der Waals surface area contributed by atoms with E-state index in [1.165, 1.54) is 0 Å². The quantitative estimate of drug-likeness (QED) is 0.747. The largest absolute Gasteiger partial charge is 0.392 e. The summed E-state index contributed by atoms with van der Waals surface area (Å²) in [5, 5.41) is 15.9. The van der Waals surface area contributed by atoms with Gasteiger partial charge in [-0.15, -0.1) is 0 Å². The van der Waals surface area contributed by atoms with Crippen LogP contribution in [0.4, 0.5) is 0 Å². The van der Waals surface area contributed by atoms with Crippen molar-refractivity contribution in [1.82, 2.24) is 14.9 Å². The van der Waals surface area contributed by atoms with Crippen LogP contribution in [-0.4, -0.2) is 41.3 Å². The van der Waals surface area contributed by atoms with Crippen LogP contribution in [0.15, 0.2) is 5.03 Å². The first kappa shape index (κ1) is 14.8. The van der Waals surface area contributed by atoms with Gasteiger partial charge in [0.1, 0.15) is 0 Å². The predicted molar refractivity (Wildman–Crippen MR) is 74.5 cm³/mol. The average molecular weight is 305 g/mol. The molecule has 108 valence electrons. The van der Waals surface area contributed by atoms with Crippen LogP contribution < -0.4 is 4.72 Å². The summed E-state index contributed by atoms with van der Waals surface area (Å²) in [6.45, 7) is 1.35. The molecule has 3 N–H and O–H groups in total. The molecule has 0 aliphatic heterocycles. The van der Waals surface area contributed by atoms with Gasteiger partial charge in [-0.3, -0.25) is 5.10 Å². The second-order valence-corrected chi connectivity index (χ2v) is 7.43. The molecule has 1 heterocycles. The molecular formula is C11H19N3O3S2. The molecule has 0 aromatic carbocycles. The molecule has 2 unspecified atom stereocenters. The standard InChI is InChI=1S/C11H19N3O3S2/c1-7-8(6-15)11(13-12-7)19(16,17)14-9-4-3-5-10(9)18-2/h9-10,14-15H,3-6H2,1-2H3,(H,12,13). The first-order valence-electron chi connectivity index (χ1n) is 6.19. The van der Waals surface area contributed by atoms with Gasteiger partial charge < -0.3 is 5.11 Å². The number of rotatable bonds is 5. The molecule has 6 nitrogen and oxygen atoms in total. The number of aromatic amines is 1. The molecule has 0 amide bonds. The van der Waals surface area contributed by atoms with E-state index in [1.807, 2.05) is 6.26 Å². The molecule has 1 aromatic rings. The van der Waals surface area contributed by atoms with Gasteiger partial charge in [-0.05, 0) is 26.0 Å². The predicted octanol–water partition coefficient (Wildman–Crippen LogP) is 0.773. The van der Waals surface area contributed by atoms with Gasteiger partial charge >= 0.3 is 0 Å². The van der Waals surface area contributed by atoms with Gasteiger partial charge in [0.05, 0.1) is 6.61 Å². The third kappa shape index (κ3) is 2.96. The Bertz CT molecular complexity index is 541. The van der Waals surface area contributed by atoms with Gasteiger partial charge in [-0.25, -0.2) is 13.1 Å². The maximum atomic E-state index is 12.3. The van der Waals surface area contributed by atoms with E-state index in [0.717, 1.165) is 19.3 Å². The fourth-order valence-corrected chi connectivity index (χ4v) is 4.96. The van der Waals surface area contributed by atoms with Crippen LogP contribution in [0.1, 0.15) is 30.5 Å². The smallest absolute Gasteiger partial charge is 0.260 e. The molecule has 8 heteroatoms. The van der Waals surface area contributed by atoms with Gasteiger partial charge in [0.15, 0.2) is 5.03 Å². The number of H-pyrrole nitrogens is 1. The van der Waals surface area contributed by atoms with Crippen molar-refractivity contribution in [3.8, 4) is 0 Å². The molecule has 1 fully saturated rings. The molecule has 0 spiro atoms. The summed E-state index contributed by atoms with van der Waals surface area (Å²) < 4.78 is 27.4. The van der Waals surface area contributed by atoms with Crippen molar-refractivity contribution < 1.29 is 13.5 Å². The zero-order chi connectivity index (χ0) is 14.0. The fraction of sp³-hybridized carbons (Fsp3) is 0.727. The van der Waals surface area contributed by atoms with Crippen molar-refractivity contribution in [1.29, 1.82) is 0 Å². The van der Waals surface area contributed by atoms with Gasteiger partial charge in [0.2, 0.25) is 0 Å². The molecule has 0 radical (unpaired) electrons. The first-order valence-corrected chi connectivity index (χ1v) is 8.96. The van der Waals surface area contributed by atoms with Gasteiger partial charge in [0, 0.05) is 22.5 Å². The topological polar surface area (TPSA) is 95.1 Å². The molecule has 1 aromatic heterocycles. The van der Waals surface area contributed by atoms with Crippen LogP contribution in [0.3, 0.4) is 0 Å². The van der Waals surface area contributed by atoms with E-state index in [2.05, 4.69) is 14.9 Å². The minimum atomic E-state index is -3.67. The summed E-state index contributed by atoms with van der Waals surface area (Å²) in [7, 11) is -3.67. The zero-order valence-corrected chi connectivity index (χ0v) is 12.6. The number of hydrogen-bond donors (Lipinski definition) is 3. The highest BCUT2D eigenvalue weighted by Gasteiger charge is 2.33. The Balaban J connectivity index is 2.23. The lowest BCUT2D eigenvalue weighted by atomic mass is 10.3. The van der Waals surface area contributed by atoms with E-state index in [-0.39, 0.29) is 17.7 Å². The van der Waals surface area contributed by atoms with Crippen LogP contribution in [0.2, 0.25) is 0 Å². The van der Waals surface area contributed by atoms with Crippen LogP contribution in [0.5, 0.6) is 0 Å². The second kappa shape index (κ2) is 5.82. The lowest BCUT2D eigenvalue weighted by molar-refractivity contribution is 0.277. The minimum Gasteiger partial charge on any atom is -0.392 e. The zero-order valence-electron chi connectivity index (χ0n) is 11.0. The molecular weight excluding hydrogens is 286 g/mol. The van der Waals surface area contributed by atoms with Gasteiger partial charge in [0.25, 0.3) is 10.0 Å². The van der Waals surface area contributed by atoms with E-state index in [0.29, 0.717) is 16.5 Å². The highest BCUT2D eigenvalue weighted by Crippen LogP contribution is 2.29. The monoisotopic (exact) mass is 305 g/mol. The van der Waals surface area contributed by atoms with E-state index >= 15 is 0 Å². The molecule has 2 rings (SSSR count). The molecule has 1 saturated carbocycles. The fourth-order valence-electron chi connectivity index (χ4n) is 2.44. The van der Waals surface area contributed by atoms with Crippen LogP contribution in [-0.2, 0) is 16.6 Å². The van der Waals surface area contributed by atoms with Crippen molar-refractivity contribution >= 4 is 21.8 Å². The lowest BCUT2D eigenvalue weighted by Gasteiger charge is -2.18. The van der Waals surface area contributed by atoms with Crippen molar-refractivity contribution in [3.05, 3.63) is 11.3 Å². The third-order valence-electron chi connectivity index (χ3n) is 3.51. The van der Waals surface area contributed by atoms with E-state index in [1.54, 1.807) is 18.7 Å². The molecule has 19 heavy (non-hydrogen) atoms. The maximum absolute atomic E-state index is 12.3. The summed E-state index contributed by atoms with van der Waals surface area (Å²) in [4.78, 5) is 0. The number of aliphatic hydroxyl groups excluding tert-OH is 1. The molecule has 0 bridgehead atoms. The van der Waals surface area contributed by atoms with E-state index in [9.17, 15) is 13.5 Å². The molecule has 0 saturated heterocycles. The number of nitrogens with zero attached hydrogens (tertiary/aromatic N) is 1. The SMILES string of the molecule is CSC1CCCC1NS(=O)(=O)c1n[nH]c(C)c1CO. The Labute approximate surface area is 117 Å². The van der Waals surface area contributed by atoms with Crippen molar-refractivity contribution in [2.75, 3.05) is 6.26 Å². The minimum absolute atomic E-state index is 0.0523. The maximum Gasteiger partial charge on any atom is 0.260 e. The summed E-state index contributed by atoms with van der Waals surface area (Å²) in [6, 6.07) is -0.0523. The normalized spacial score (nSPS) is 23.9. The Morgan fingerprint density at radius 1 is 1.53 bits per heavy atom. The van der Waals surface area contributed by atoms with Gasteiger partial charge in [-0.2, -0.15) is 16.9 Å². The Morgan fingerprint density at radius 3 is 2.89 bits per heavy atom. The van der Waals surface area contributed by atoms with E-state index < -0.39 is 10.0 Å². The third-order valence-corrected chi connectivity index (χ3v) is 6.14. The number of nitrogens with one attached hydrogen (secondary N) is 2. The van der Waals surface area contributed by atoms with Gasteiger partial charge in [-0.1, -0.05) is 6.42 Å². The summed E-state index contributed by atoms with van der Waals surface area (Å²) >= 11 is 1.69. The number of aromatic nitrogens is 2. The van der Waals surface area contributed by atoms with Crippen LogP contribution in [0, 0.1) is 6.92 Å². The highest BCUT2D eigenvalue weighted by molar-refractivity contribution is 7.99. The first-order chi connectivity index (χ1) is 8.99. The molecule has 1 aliphatic carbocycles. The number of sulfonamides is 1.